The number of likely N-dealkylation sites (tertiary alicyclic amines) is 1. The Balaban J connectivity index is 1.35. The van der Waals surface area contributed by atoms with Gasteiger partial charge in [-0.3, -0.25) is 14.7 Å². The lowest BCUT2D eigenvalue weighted by atomic mass is 9.89. The largest absolute Gasteiger partial charge is 0.373 e. The van der Waals surface area contributed by atoms with Crippen molar-refractivity contribution in [1.82, 2.24) is 25.3 Å². The third-order valence-electron chi connectivity index (χ3n) is 5.08. The lowest BCUT2D eigenvalue weighted by Gasteiger charge is -2.38. The number of rotatable bonds is 4. The molecule has 2 atom stereocenters. The molecule has 0 aliphatic carbocycles. The Morgan fingerprint density at radius 2 is 2.38 bits per heavy atom. The second kappa shape index (κ2) is 7.13. The number of amides is 1. The van der Waals surface area contributed by atoms with Crippen LogP contribution in [0.15, 0.2) is 29.2 Å². The molecule has 4 rings (SSSR count). The van der Waals surface area contributed by atoms with E-state index < -0.39 is 0 Å². The van der Waals surface area contributed by atoms with Gasteiger partial charge in [-0.05, 0) is 26.2 Å². The number of carbonyl (C=O) groups is 1. The number of aromatic nitrogens is 3. The summed E-state index contributed by atoms with van der Waals surface area (Å²) in [6.45, 7) is 5.12. The fraction of sp³-hybridized carbons (Fsp3) is 0.556. The monoisotopic (exact) mass is 357 g/mol. The van der Waals surface area contributed by atoms with Crippen molar-refractivity contribution >= 4 is 5.91 Å². The van der Waals surface area contributed by atoms with Gasteiger partial charge in [-0.25, -0.2) is 4.98 Å². The Kier molecular flexibility index (Phi) is 4.69. The molecule has 2 saturated heterocycles. The minimum absolute atomic E-state index is 0.0903. The first kappa shape index (κ1) is 17.1. The van der Waals surface area contributed by atoms with Gasteiger partial charge < -0.3 is 14.6 Å². The molecule has 4 heterocycles. The van der Waals surface area contributed by atoms with E-state index in [2.05, 4.69) is 25.3 Å². The van der Waals surface area contributed by atoms with E-state index in [0.717, 1.165) is 50.4 Å². The molecule has 1 amide bonds. The van der Waals surface area contributed by atoms with Gasteiger partial charge in [0.1, 0.15) is 11.5 Å². The fourth-order valence-electron chi connectivity index (χ4n) is 3.90. The Morgan fingerprint density at radius 1 is 1.46 bits per heavy atom. The number of ether oxygens (including phenoxy) is 1. The Morgan fingerprint density at radius 3 is 3.15 bits per heavy atom. The lowest BCUT2D eigenvalue weighted by molar-refractivity contribution is -0.0793. The third kappa shape index (κ3) is 3.76. The van der Waals surface area contributed by atoms with Gasteiger partial charge in [0, 0.05) is 50.7 Å². The molecular formula is C18H23N5O3. The summed E-state index contributed by atoms with van der Waals surface area (Å²) in [5.74, 6) is 0.655. The summed E-state index contributed by atoms with van der Waals surface area (Å²) in [6.07, 6.45) is 7.16. The van der Waals surface area contributed by atoms with Gasteiger partial charge in [0.15, 0.2) is 0 Å². The molecule has 0 unspecified atom stereocenters. The van der Waals surface area contributed by atoms with Crippen LogP contribution in [0.3, 0.4) is 0 Å². The third-order valence-corrected chi connectivity index (χ3v) is 5.08. The quantitative estimate of drug-likeness (QED) is 0.882. The second-order valence-corrected chi connectivity index (χ2v) is 7.17. The van der Waals surface area contributed by atoms with Crippen LogP contribution < -0.4 is 5.32 Å². The minimum atomic E-state index is -0.197. The van der Waals surface area contributed by atoms with E-state index >= 15 is 0 Å². The summed E-state index contributed by atoms with van der Waals surface area (Å²) < 4.78 is 11.3. The van der Waals surface area contributed by atoms with Crippen molar-refractivity contribution in [3.05, 3.63) is 41.8 Å². The van der Waals surface area contributed by atoms with Gasteiger partial charge in [0.05, 0.1) is 17.5 Å². The molecule has 26 heavy (non-hydrogen) atoms. The van der Waals surface area contributed by atoms with Gasteiger partial charge in [-0.15, -0.1) is 0 Å². The topological polar surface area (TPSA) is 93.4 Å². The molecule has 0 radical (unpaired) electrons. The van der Waals surface area contributed by atoms with E-state index in [0.29, 0.717) is 12.3 Å². The highest BCUT2D eigenvalue weighted by atomic mass is 16.5. The molecule has 138 valence electrons. The fourth-order valence-corrected chi connectivity index (χ4v) is 3.90. The van der Waals surface area contributed by atoms with Crippen LogP contribution in [0.2, 0.25) is 0 Å². The number of hydrogen-bond donors (Lipinski definition) is 1. The maximum absolute atomic E-state index is 12.3. The van der Waals surface area contributed by atoms with Crippen molar-refractivity contribution in [2.45, 2.75) is 44.4 Å². The summed E-state index contributed by atoms with van der Waals surface area (Å²) in [7, 11) is 0. The molecule has 2 aromatic heterocycles. The van der Waals surface area contributed by atoms with Gasteiger partial charge >= 0.3 is 0 Å². The molecule has 2 aliphatic heterocycles. The van der Waals surface area contributed by atoms with Crippen LogP contribution in [-0.2, 0) is 11.3 Å². The van der Waals surface area contributed by atoms with E-state index in [1.54, 1.807) is 6.20 Å². The Labute approximate surface area is 151 Å². The molecule has 2 fully saturated rings. The van der Waals surface area contributed by atoms with Crippen molar-refractivity contribution in [3.63, 3.8) is 0 Å². The van der Waals surface area contributed by atoms with E-state index in [-0.39, 0.29) is 17.6 Å². The standard InChI is InChI=1S/C18H23N5O3/c1-13-8-15(22-26-13)11-23-6-3-18(12-23)9-14(2-7-25-18)21-17(24)16-10-19-4-5-20-16/h4-5,8,10,14H,2-3,6-7,9,11-12H2,1H3,(H,21,24)/t14-,18-/m1/s1. The van der Waals surface area contributed by atoms with Gasteiger partial charge in [0.25, 0.3) is 5.91 Å². The highest BCUT2D eigenvalue weighted by molar-refractivity contribution is 5.92. The first-order valence-corrected chi connectivity index (χ1v) is 8.97. The van der Waals surface area contributed by atoms with Crippen LogP contribution >= 0.6 is 0 Å². The van der Waals surface area contributed by atoms with Gasteiger partial charge in [0.2, 0.25) is 0 Å². The van der Waals surface area contributed by atoms with Crippen LogP contribution in [0, 0.1) is 6.92 Å². The van der Waals surface area contributed by atoms with Crippen LogP contribution in [0.4, 0.5) is 0 Å². The van der Waals surface area contributed by atoms with Crippen LogP contribution in [0.5, 0.6) is 0 Å². The molecule has 1 spiro atoms. The molecule has 1 N–H and O–H groups in total. The summed E-state index contributed by atoms with van der Waals surface area (Å²) in [4.78, 5) is 22.7. The molecule has 8 nitrogen and oxygen atoms in total. The lowest BCUT2D eigenvalue weighted by Crippen LogP contribution is -2.50. The SMILES string of the molecule is Cc1cc(CN2CC[C@@]3(C[C@H](NC(=O)c4cnccn4)CCO3)C2)no1. The van der Waals surface area contributed by atoms with Crippen molar-refractivity contribution in [1.29, 1.82) is 0 Å². The number of hydrogen-bond acceptors (Lipinski definition) is 7. The summed E-state index contributed by atoms with van der Waals surface area (Å²) >= 11 is 0. The van der Waals surface area contributed by atoms with Gasteiger partial charge in [-0.2, -0.15) is 0 Å². The Hall–Kier alpha value is -2.32. The van der Waals surface area contributed by atoms with Crippen molar-refractivity contribution in [2.75, 3.05) is 19.7 Å². The molecule has 2 aliphatic rings. The summed E-state index contributed by atoms with van der Waals surface area (Å²) in [5.41, 5.74) is 1.10. The highest BCUT2D eigenvalue weighted by Gasteiger charge is 2.43. The van der Waals surface area contributed by atoms with Crippen LogP contribution in [-0.4, -0.2) is 57.3 Å². The smallest absolute Gasteiger partial charge is 0.271 e. The highest BCUT2D eigenvalue weighted by Crippen LogP contribution is 2.35. The number of carbonyl (C=O) groups excluding carboxylic acids is 1. The predicted octanol–water partition coefficient (Wildman–Crippen LogP) is 1.33. The van der Waals surface area contributed by atoms with Crippen molar-refractivity contribution in [2.24, 2.45) is 0 Å². The van der Waals surface area contributed by atoms with Crippen LogP contribution in [0.25, 0.3) is 0 Å². The minimum Gasteiger partial charge on any atom is -0.373 e. The number of nitrogens with zero attached hydrogens (tertiary/aromatic N) is 4. The van der Waals surface area contributed by atoms with E-state index in [1.807, 2.05) is 13.0 Å². The normalized spacial score (nSPS) is 26.3. The maximum Gasteiger partial charge on any atom is 0.271 e. The molecule has 0 saturated carbocycles. The van der Waals surface area contributed by atoms with Crippen molar-refractivity contribution in [3.8, 4) is 0 Å². The molecule has 0 bridgehead atoms. The average Bonchev–Trinajstić information content (AvgIpc) is 3.22. The van der Waals surface area contributed by atoms with E-state index in [9.17, 15) is 4.79 Å². The molecular weight excluding hydrogens is 334 g/mol. The van der Waals surface area contributed by atoms with Crippen LogP contribution in [0.1, 0.15) is 41.2 Å². The zero-order chi connectivity index (χ0) is 18.0. The van der Waals surface area contributed by atoms with Crippen molar-refractivity contribution < 1.29 is 14.1 Å². The zero-order valence-corrected chi connectivity index (χ0v) is 14.9. The van der Waals surface area contributed by atoms with Gasteiger partial charge in [-0.1, -0.05) is 5.16 Å². The van der Waals surface area contributed by atoms with E-state index in [1.165, 1.54) is 12.4 Å². The molecule has 0 aromatic carbocycles. The molecule has 2 aromatic rings. The number of aryl methyl sites for hydroxylation is 1. The average molecular weight is 357 g/mol. The maximum atomic E-state index is 12.3. The zero-order valence-electron chi connectivity index (χ0n) is 14.9. The number of nitrogens with one attached hydrogen (secondary N) is 1. The first-order valence-electron chi connectivity index (χ1n) is 8.97. The second-order valence-electron chi connectivity index (χ2n) is 7.17. The summed E-state index contributed by atoms with van der Waals surface area (Å²) in [6, 6.07) is 2.06. The molecule has 8 heteroatoms. The first-order chi connectivity index (χ1) is 12.6. The summed E-state index contributed by atoms with van der Waals surface area (Å²) in [5, 5.41) is 7.16. The Bertz CT molecular complexity index is 765. The van der Waals surface area contributed by atoms with E-state index in [4.69, 9.17) is 9.26 Å². The predicted molar refractivity (Wildman–Crippen MR) is 92.3 cm³/mol.